The van der Waals surface area contributed by atoms with Crippen molar-refractivity contribution >= 4 is 18.1 Å². The molecule has 1 aliphatic heterocycles. The summed E-state index contributed by atoms with van der Waals surface area (Å²) < 4.78 is 12.9. The fourth-order valence-electron chi connectivity index (χ4n) is 3.62. The monoisotopic (exact) mass is 404 g/mol. The van der Waals surface area contributed by atoms with Crippen molar-refractivity contribution in [2.24, 2.45) is 5.73 Å². The van der Waals surface area contributed by atoms with Crippen molar-refractivity contribution in [3.05, 3.63) is 39.4 Å². The van der Waals surface area contributed by atoms with Gasteiger partial charge >= 0.3 is 0 Å². The number of aromatic nitrogens is 2. The molecule has 1 atom stereocenters. The van der Waals surface area contributed by atoms with Gasteiger partial charge in [-0.05, 0) is 37.2 Å². The van der Waals surface area contributed by atoms with Gasteiger partial charge in [0.1, 0.15) is 11.5 Å². The normalized spacial score (nSPS) is 16.2. The predicted molar refractivity (Wildman–Crippen MR) is 108 cm³/mol. The van der Waals surface area contributed by atoms with Crippen LogP contribution in [0, 0.1) is 4.77 Å². The van der Waals surface area contributed by atoms with Gasteiger partial charge in [-0.15, -0.1) is 0 Å². The van der Waals surface area contributed by atoms with Gasteiger partial charge in [0.25, 0.3) is 5.56 Å². The molecule has 1 aromatic carbocycles. The van der Waals surface area contributed by atoms with Gasteiger partial charge in [-0.3, -0.25) is 14.6 Å². The Kier molecular flexibility index (Phi) is 6.15. The number of carbonyl (C=O) groups excluding carboxylic acids is 1. The molecule has 1 aliphatic rings. The van der Waals surface area contributed by atoms with E-state index in [9.17, 15) is 9.59 Å². The first-order valence-electron chi connectivity index (χ1n) is 9.04. The first-order valence-corrected chi connectivity index (χ1v) is 9.45. The standard InChI is InChI=1S/C19H24N4O4S/c1-26-13-5-6-14(16(8-13)27-2)15-9-17(24)21-19(28)23(15)11-12-4-3-7-22(12)18(25)10-20/h5-6,8-9,12H,3-4,7,10-11,20H2,1-2H3,(H,21,24,28). The molecule has 1 saturated heterocycles. The van der Waals surface area contributed by atoms with Crippen LogP contribution in [0.25, 0.3) is 11.3 Å². The molecule has 0 bridgehead atoms. The van der Waals surface area contributed by atoms with Crippen LogP contribution >= 0.6 is 12.2 Å². The number of hydrogen-bond donors (Lipinski definition) is 2. The van der Waals surface area contributed by atoms with E-state index in [1.807, 2.05) is 10.6 Å². The third kappa shape index (κ3) is 3.95. The van der Waals surface area contributed by atoms with Gasteiger partial charge in [0.2, 0.25) is 5.91 Å². The summed E-state index contributed by atoms with van der Waals surface area (Å²) in [7, 11) is 3.13. The van der Waals surface area contributed by atoms with Crippen LogP contribution in [0.2, 0.25) is 0 Å². The summed E-state index contributed by atoms with van der Waals surface area (Å²) in [5.41, 5.74) is 6.60. The first-order chi connectivity index (χ1) is 13.5. The average molecular weight is 404 g/mol. The Morgan fingerprint density at radius 3 is 2.79 bits per heavy atom. The lowest BCUT2D eigenvalue weighted by molar-refractivity contribution is -0.130. The van der Waals surface area contributed by atoms with Crippen LogP contribution in [0.3, 0.4) is 0 Å². The molecule has 1 unspecified atom stereocenters. The van der Waals surface area contributed by atoms with Gasteiger partial charge in [-0.2, -0.15) is 0 Å². The Bertz CT molecular complexity index is 985. The van der Waals surface area contributed by atoms with Crippen molar-refractivity contribution in [3.63, 3.8) is 0 Å². The van der Waals surface area contributed by atoms with Crippen molar-refractivity contribution in [1.82, 2.24) is 14.5 Å². The van der Waals surface area contributed by atoms with E-state index in [0.29, 0.717) is 35.1 Å². The molecule has 1 amide bonds. The van der Waals surface area contributed by atoms with Gasteiger partial charge in [0, 0.05) is 36.8 Å². The summed E-state index contributed by atoms with van der Waals surface area (Å²) >= 11 is 5.44. The van der Waals surface area contributed by atoms with E-state index in [1.54, 1.807) is 31.3 Å². The van der Waals surface area contributed by atoms with Gasteiger partial charge in [0.15, 0.2) is 4.77 Å². The topological polar surface area (TPSA) is 103 Å². The summed E-state index contributed by atoms with van der Waals surface area (Å²) in [5.74, 6) is 1.13. The highest BCUT2D eigenvalue weighted by Crippen LogP contribution is 2.33. The Morgan fingerprint density at radius 1 is 1.32 bits per heavy atom. The zero-order chi connectivity index (χ0) is 20.3. The summed E-state index contributed by atoms with van der Waals surface area (Å²) in [6, 6.07) is 6.84. The number of benzene rings is 1. The van der Waals surface area contributed by atoms with Crippen molar-refractivity contribution in [1.29, 1.82) is 0 Å². The molecular formula is C19H24N4O4S. The van der Waals surface area contributed by atoms with E-state index >= 15 is 0 Å². The number of ether oxygens (including phenoxy) is 2. The molecule has 3 N–H and O–H groups in total. The van der Waals surface area contributed by atoms with Crippen LogP contribution in [0.15, 0.2) is 29.1 Å². The second-order valence-electron chi connectivity index (χ2n) is 6.59. The molecular weight excluding hydrogens is 380 g/mol. The number of methoxy groups -OCH3 is 2. The lowest BCUT2D eigenvalue weighted by atomic mass is 10.1. The zero-order valence-electron chi connectivity index (χ0n) is 15.9. The number of nitrogens with one attached hydrogen (secondary N) is 1. The maximum Gasteiger partial charge on any atom is 0.252 e. The lowest BCUT2D eigenvalue weighted by Crippen LogP contribution is -2.41. The third-order valence-electron chi connectivity index (χ3n) is 4.98. The van der Waals surface area contributed by atoms with Crippen molar-refractivity contribution in [2.45, 2.75) is 25.4 Å². The predicted octanol–water partition coefficient (Wildman–Crippen LogP) is 1.54. The molecule has 0 aliphatic carbocycles. The van der Waals surface area contributed by atoms with Gasteiger partial charge in [-0.1, -0.05) is 0 Å². The van der Waals surface area contributed by atoms with Crippen molar-refractivity contribution in [2.75, 3.05) is 27.3 Å². The second kappa shape index (κ2) is 8.57. The van der Waals surface area contributed by atoms with Crippen LogP contribution in [0.1, 0.15) is 12.8 Å². The molecule has 0 saturated carbocycles. The van der Waals surface area contributed by atoms with E-state index in [1.165, 1.54) is 6.07 Å². The molecule has 8 nitrogen and oxygen atoms in total. The number of hydrogen-bond acceptors (Lipinski definition) is 6. The first kappa shape index (κ1) is 20.1. The summed E-state index contributed by atoms with van der Waals surface area (Å²) in [5, 5.41) is 0. The van der Waals surface area contributed by atoms with E-state index in [2.05, 4.69) is 4.98 Å². The van der Waals surface area contributed by atoms with Crippen LogP contribution in [-0.4, -0.2) is 53.7 Å². The maximum absolute atomic E-state index is 12.2. The molecule has 28 heavy (non-hydrogen) atoms. The zero-order valence-corrected chi connectivity index (χ0v) is 16.8. The molecule has 3 rings (SSSR count). The number of nitrogens with two attached hydrogens (primary N) is 1. The largest absolute Gasteiger partial charge is 0.497 e. The van der Waals surface area contributed by atoms with Crippen LogP contribution in [0.4, 0.5) is 0 Å². The molecule has 0 radical (unpaired) electrons. The summed E-state index contributed by atoms with van der Waals surface area (Å²) in [6.07, 6.45) is 1.76. The number of rotatable bonds is 6. The van der Waals surface area contributed by atoms with E-state index in [0.717, 1.165) is 18.4 Å². The molecule has 150 valence electrons. The number of aromatic amines is 1. The Hall–Kier alpha value is -2.65. The van der Waals surface area contributed by atoms with E-state index in [-0.39, 0.29) is 24.1 Å². The number of nitrogens with zero attached hydrogens (tertiary/aromatic N) is 2. The molecule has 1 fully saturated rings. The minimum atomic E-state index is -0.296. The number of carbonyl (C=O) groups is 1. The smallest absolute Gasteiger partial charge is 0.252 e. The molecule has 1 aromatic heterocycles. The van der Waals surface area contributed by atoms with Gasteiger partial charge in [0.05, 0.1) is 26.5 Å². The Balaban J connectivity index is 2.08. The SMILES string of the molecule is COc1ccc(-c2cc(=O)[nH]c(=S)n2CC2CCCN2C(=O)CN)c(OC)c1. The van der Waals surface area contributed by atoms with E-state index in [4.69, 9.17) is 27.4 Å². The minimum Gasteiger partial charge on any atom is -0.497 e. The Labute approximate surface area is 167 Å². The van der Waals surface area contributed by atoms with Crippen molar-refractivity contribution in [3.8, 4) is 22.8 Å². The van der Waals surface area contributed by atoms with Gasteiger partial charge in [-0.25, -0.2) is 0 Å². The summed E-state index contributed by atoms with van der Waals surface area (Å²) in [4.78, 5) is 28.8. The molecule has 9 heteroatoms. The number of likely N-dealkylation sites (tertiary alicyclic amines) is 1. The fourth-order valence-corrected chi connectivity index (χ4v) is 3.89. The molecule has 2 aromatic rings. The van der Waals surface area contributed by atoms with Crippen LogP contribution in [-0.2, 0) is 11.3 Å². The number of amides is 1. The molecule has 2 heterocycles. The molecule has 0 spiro atoms. The van der Waals surface area contributed by atoms with E-state index < -0.39 is 0 Å². The highest BCUT2D eigenvalue weighted by molar-refractivity contribution is 7.71. The van der Waals surface area contributed by atoms with Crippen LogP contribution < -0.4 is 20.8 Å². The quantitative estimate of drug-likeness (QED) is 0.708. The fraction of sp³-hybridized carbons (Fsp3) is 0.421. The summed E-state index contributed by atoms with van der Waals surface area (Å²) in [6.45, 7) is 1.12. The highest BCUT2D eigenvalue weighted by Gasteiger charge is 2.29. The van der Waals surface area contributed by atoms with Gasteiger partial charge < -0.3 is 24.7 Å². The minimum absolute atomic E-state index is 0.0211. The highest BCUT2D eigenvalue weighted by atomic mass is 32.1. The Morgan fingerprint density at radius 2 is 2.11 bits per heavy atom. The maximum atomic E-state index is 12.2. The average Bonchev–Trinajstić information content (AvgIpc) is 3.17. The second-order valence-corrected chi connectivity index (χ2v) is 6.97. The van der Waals surface area contributed by atoms with Crippen LogP contribution in [0.5, 0.6) is 11.5 Å². The van der Waals surface area contributed by atoms with Crippen molar-refractivity contribution < 1.29 is 14.3 Å². The number of H-pyrrole nitrogens is 1. The third-order valence-corrected chi connectivity index (χ3v) is 5.31. The lowest BCUT2D eigenvalue weighted by Gasteiger charge is -2.26.